The molecule has 0 aromatic carbocycles. The van der Waals surface area contributed by atoms with E-state index >= 15 is 0 Å². The van der Waals surface area contributed by atoms with Crippen molar-refractivity contribution in [1.29, 1.82) is 0 Å². The molecule has 8 heteroatoms. The van der Waals surface area contributed by atoms with Crippen LogP contribution in [0, 0.1) is 0 Å². The van der Waals surface area contributed by atoms with Crippen molar-refractivity contribution < 1.29 is 22.7 Å². The predicted molar refractivity (Wildman–Crippen MR) is 56.8 cm³/mol. The molecule has 0 aliphatic heterocycles. The molecule has 5 nitrogen and oxygen atoms in total. The Balaban J connectivity index is 2.88. The number of ether oxygens (including phenoxy) is 1. The summed E-state index contributed by atoms with van der Waals surface area (Å²) in [5.74, 6) is -0.847. The molecule has 1 heterocycles. The van der Waals surface area contributed by atoms with E-state index in [1.807, 2.05) is 0 Å². The Hall–Kier alpha value is -1.86. The van der Waals surface area contributed by atoms with Crippen LogP contribution in [0.15, 0.2) is 12.3 Å². The molecular weight excluding hydrogens is 251 g/mol. The molecular formula is C10H12F3N3O2. The first-order valence-corrected chi connectivity index (χ1v) is 5.13. The van der Waals surface area contributed by atoms with Crippen molar-refractivity contribution in [2.45, 2.75) is 25.6 Å². The lowest BCUT2D eigenvalue weighted by atomic mass is 10.2. The molecule has 0 radical (unpaired) electrons. The van der Waals surface area contributed by atoms with Gasteiger partial charge in [0.25, 0.3) is 0 Å². The average Bonchev–Trinajstić information content (AvgIpc) is 2.34. The van der Waals surface area contributed by atoms with E-state index in [-0.39, 0.29) is 5.95 Å². The van der Waals surface area contributed by atoms with Crippen molar-refractivity contribution in [3.63, 3.8) is 0 Å². The Morgan fingerprint density at radius 2 is 2.22 bits per heavy atom. The molecule has 1 aromatic rings. The number of esters is 1. The third kappa shape index (κ3) is 3.57. The number of carbonyl (C=O) groups is 1. The van der Waals surface area contributed by atoms with Crippen LogP contribution in [-0.4, -0.2) is 29.1 Å². The summed E-state index contributed by atoms with van der Waals surface area (Å²) in [5, 5.41) is 2.50. The number of methoxy groups -OCH3 is 1. The van der Waals surface area contributed by atoms with Crippen LogP contribution in [0.4, 0.5) is 19.1 Å². The number of hydrogen-bond acceptors (Lipinski definition) is 5. The number of anilines is 1. The summed E-state index contributed by atoms with van der Waals surface area (Å²) >= 11 is 0. The first kappa shape index (κ1) is 14.2. The van der Waals surface area contributed by atoms with E-state index in [4.69, 9.17) is 0 Å². The maximum atomic E-state index is 12.4. The Kier molecular flexibility index (Phi) is 4.46. The van der Waals surface area contributed by atoms with Crippen LogP contribution < -0.4 is 5.32 Å². The van der Waals surface area contributed by atoms with Gasteiger partial charge in [0.1, 0.15) is 11.7 Å². The lowest BCUT2D eigenvalue weighted by Crippen LogP contribution is -2.31. The highest BCUT2D eigenvalue weighted by Gasteiger charge is 2.33. The largest absolute Gasteiger partial charge is 0.467 e. The van der Waals surface area contributed by atoms with Gasteiger partial charge in [0, 0.05) is 6.20 Å². The maximum absolute atomic E-state index is 12.4. The molecule has 0 aliphatic rings. The molecule has 0 bridgehead atoms. The van der Waals surface area contributed by atoms with Gasteiger partial charge in [0.15, 0.2) is 0 Å². The predicted octanol–water partition coefficient (Wildman–Crippen LogP) is 1.86. The van der Waals surface area contributed by atoms with Crippen LogP contribution in [-0.2, 0) is 15.7 Å². The second-order valence-corrected chi connectivity index (χ2v) is 3.39. The lowest BCUT2D eigenvalue weighted by Gasteiger charge is -2.15. The molecule has 1 aromatic heterocycles. The second-order valence-electron chi connectivity index (χ2n) is 3.39. The number of hydrogen-bond donors (Lipinski definition) is 1. The van der Waals surface area contributed by atoms with Crippen LogP contribution in [0.3, 0.4) is 0 Å². The van der Waals surface area contributed by atoms with Gasteiger partial charge in [0.2, 0.25) is 5.95 Å². The summed E-state index contributed by atoms with van der Waals surface area (Å²) < 4.78 is 41.7. The van der Waals surface area contributed by atoms with Crippen LogP contribution in [0.25, 0.3) is 0 Å². The topological polar surface area (TPSA) is 64.1 Å². The van der Waals surface area contributed by atoms with Gasteiger partial charge < -0.3 is 10.1 Å². The fourth-order valence-electron chi connectivity index (χ4n) is 1.21. The summed E-state index contributed by atoms with van der Waals surface area (Å²) in [4.78, 5) is 18.2. The molecule has 0 spiro atoms. The minimum atomic E-state index is -4.55. The number of nitrogens with zero attached hydrogens (tertiary/aromatic N) is 2. The van der Waals surface area contributed by atoms with Crippen molar-refractivity contribution in [1.82, 2.24) is 9.97 Å². The average molecular weight is 263 g/mol. The number of rotatable bonds is 4. The summed E-state index contributed by atoms with van der Waals surface area (Å²) in [6.45, 7) is 1.68. The zero-order chi connectivity index (χ0) is 13.8. The molecule has 1 unspecified atom stereocenters. The molecule has 1 atom stereocenters. The van der Waals surface area contributed by atoms with E-state index in [0.29, 0.717) is 6.42 Å². The van der Waals surface area contributed by atoms with Gasteiger partial charge in [-0.25, -0.2) is 14.8 Å². The van der Waals surface area contributed by atoms with Crippen molar-refractivity contribution in [2.24, 2.45) is 0 Å². The monoisotopic (exact) mass is 263 g/mol. The van der Waals surface area contributed by atoms with Crippen molar-refractivity contribution in [3.05, 3.63) is 18.0 Å². The fourth-order valence-corrected chi connectivity index (χ4v) is 1.21. The Morgan fingerprint density at radius 3 is 2.72 bits per heavy atom. The van der Waals surface area contributed by atoms with Gasteiger partial charge in [0.05, 0.1) is 7.11 Å². The van der Waals surface area contributed by atoms with Crippen LogP contribution in [0.5, 0.6) is 0 Å². The normalized spacial score (nSPS) is 12.9. The van der Waals surface area contributed by atoms with E-state index in [1.54, 1.807) is 6.92 Å². The quantitative estimate of drug-likeness (QED) is 0.840. The molecule has 1 N–H and O–H groups in total. The highest BCUT2D eigenvalue weighted by molar-refractivity contribution is 5.78. The first-order valence-electron chi connectivity index (χ1n) is 5.13. The van der Waals surface area contributed by atoms with E-state index < -0.39 is 23.9 Å². The van der Waals surface area contributed by atoms with Gasteiger partial charge in [-0.05, 0) is 12.5 Å². The third-order valence-corrected chi connectivity index (χ3v) is 2.14. The minimum Gasteiger partial charge on any atom is -0.467 e. The summed E-state index contributed by atoms with van der Waals surface area (Å²) in [7, 11) is 1.19. The standard InChI is InChI=1S/C10H12F3N3O2/c1-3-6(8(17)18-2)15-9-14-5-4-7(16-9)10(11,12)13/h4-6H,3H2,1-2H3,(H,14,15,16). The van der Waals surface area contributed by atoms with Crippen LogP contribution in [0.2, 0.25) is 0 Å². The number of nitrogens with one attached hydrogen (secondary N) is 1. The molecule has 0 saturated heterocycles. The van der Waals surface area contributed by atoms with Crippen LogP contribution in [0.1, 0.15) is 19.0 Å². The number of alkyl halides is 3. The summed E-state index contributed by atoms with van der Waals surface area (Å²) in [5.41, 5.74) is -1.07. The van der Waals surface area contributed by atoms with Gasteiger partial charge in [-0.1, -0.05) is 6.92 Å². The Labute approximate surface area is 101 Å². The smallest absolute Gasteiger partial charge is 0.433 e. The van der Waals surface area contributed by atoms with Gasteiger partial charge >= 0.3 is 12.1 Å². The van der Waals surface area contributed by atoms with Gasteiger partial charge in [-0.2, -0.15) is 13.2 Å². The van der Waals surface area contributed by atoms with E-state index in [0.717, 1.165) is 12.3 Å². The molecule has 100 valence electrons. The van der Waals surface area contributed by atoms with Crippen molar-refractivity contribution >= 4 is 11.9 Å². The Bertz CT molecular complexity index is 423. The molecule has 0 fully saturated rings. The molecule has 1 rings (SSSR count). The fraction of sp³-hybridized carbons (Fsp3) is 0.500. The number of carbonyl (C=O) groups excluding carboxylic acids is 1. The van der Waals surface area contributed by atoms with Gasteiger partial charge in [-0.3, -0.25) is 0 Å². The van der Waals surface area contributed by atoms with E-state index in [2.05, 4.69) is 20.0 Å². The number of aromatic nitrogens is 2. The number of halogens is 3. The minimum absolute atomic E-state index is 0.262. The van der Waals surface area contributed by atoms with Crippen LogP contribution >= 0.6 is 0 Å². The molecule has 0 aliphatic carbocycles. The van der Waals surface area contributed by atoms with E-state index in [1.165, 1.54) is 7.11 Å². The lowest BCUT2D eigenvalue weighted by molar-refractivity contribution is -0.141. The Morgan fingerprint density at radius 1 is 1.56 bits per heavy atom. The molecule has 0 saturated carbocycles. The highest BCUT2D eigenvalue weighted by Crippen LogP contribution is 2.27. The zero-order valence-corrected chi connectivity index (χ0v) is 9.78. The maximum Gasteiger partial charge on any atom is 0.433 e. The summed E-state index contributed by atoms with van der Waals surface area (Å²) in [6.07, 6.45) is -3.24. The first-order chi connectivity index (χ1) is 8.38. The second kappa shape index (κ2) is 5.65. The zero-order valence-electron chi connectivity index (χ0n) is 9.78. The van der Waals surface area contributed by atoms with Gasteiger partial charge in [-0.15, -0.1) is 0 Å². The summed E-state index contributed by atoms with van der Waals surface area (Å²) in [6, 6.07) is -0.0249. The van der Waals surface area contributed by atoms with Crippen molar-refractivity contribution in [3.8, 4) is 0 Å². The molecule has 0 amide bonds. The molecule has 18 heavy (non-hydrogen) atoms. The van der Waals surface area contributed by atoms with Crippen molar-refractivity contribution in [2.75, 3.05) is 12.4 Å². The van der Waals surface area contributed by atoms with E-state index in [9.17, 15) is 18.0 Å². The third-order valence-electron chi connectivity index (χ3n) is 2.14. The highest BCUT2D eigenvalue weighted by atomic mass is 19.4. The SMILES string of the molecule is CCC(Nc1nccc(C(F)(F)F)n1)C(=O)OC.